The summed E-state index contributed by atoms with van der Waals surface area (Å²) in [5.41, 5.74) is 4.55. The van der Waals surface area contributed by atoms with Crippen LogP contribution in [0, 0.1) is 5.92 Å². The molecule has 1 aliphatic carbocycles. The largest absolute Gasteiger partial charge is 0.493 e. The average Bonchev–Trinajstić information content (AvgIpc) is 2.82. The van der Waals surface area contributed by atoms with Gasteiger partial charge in [-0.2, -0.15) is 0 Å². The molecular weight excluding hydrogens is 260 g/mol. The predicted molar refractivity (Wildman–Crippen MR) is 86.0 cm³/mol. The van der Waals surface area contributed by atoms with Gasteiger partial charge in [0, 0.05) is 29.1 Å². The molecule has 0 radical (unpaired) electrons. The zero-order valence-electron chi connectivity index (χ0n) is 13.0. The maximum atomic E-state index is 5.93. The fraction of sp³-hybridized carbons (Fsp3) is 0.556. The van der Waals surface area contributed by atoms with Crippen LogP contribution in [0.15, 0.2) is 18.2 Å². The summed E-state index contributed by atoms with van der Waals surface area (Å²) in [7, 11) is 0. The van der Waals surface area contributed by atoms with E-state index in [-0.39, 0.29) is 0 Å². The fourth-order valence-corrected chi connectivity index (χ4v) is 3.89. The molecule has 2 aromatic rings. The Bertz CT molecular complexity index is 669. The first-order valence-electron chi connectivity index (χ1n) is 8.22. The van der Waals surface area contributed by atoms with Gasteiger partial charge in [0.15, 0.2) is 0 Å². The summed E-state index contributed by atoms with van der Waals surface area (Å²) < 4.78 is 8.42. The normalized spacial score (nSPS) is 20.8. The van der Waals surface area contributed by atoms with Crippen LogP contribution in [0.3, 0.4) is 0 Å². The number of nitrogens with zero attached hydrogens (tertiary/aromatic N) is 1. The lowest BCUT2D eigenvalue weighted by Gasteiger charge is -2.30. The zero-order chi connectivity index (χ0) is 14.4. The number of benzene rings is 1. The number of rotatable bonds is 3. The molecule has 1 unspecified atom stereocenters. The van der Waals surface area contributed by atoms with Gasteiger partial charge in [0.2, 0.25) is 0 Å². The summed E-state index contributed by atoms with van der Waals surface area (Å²) in [6, 6.07) is 6.64. The number of aryl methyl sites for hydroxylation is 1. The van der Waals surface area contributed by atoms with Crippen molar-refractivity contribution in [3.8, 4) is 5.75 Å². The number of hydrogen-bond donors (Lipinski definition) is 1. The van der Waals surface area contributed by atoms with Gasteiger partial charge < -0.3 is 9.30 Å². The standard InChI is InChI=1S/C18H24N2O/c1-12(2)10-21-14-6-7-17-16(8-14)15-5-3-4-13-9-19-11-20(17)18(13)15/h6-8,12-13,19H,3-5,9-11H2,1-2H3. The SMILES string of the molecule is CC(C)COc1ccc2c(c1)c1c3n2CNCC3CCC1. The predicted octanol–water partition coefficient (Wildman–Crippen LogP) is 3.66. The summed E-state index contributed by atoms with van der Waals surface area (Å²) in [5.74, 6) is 2.29. The van der Waals surface area contributed by atoms with Crippen LogP contribution in [-0.2, 0) is 13.1 Å². The first-order valence-corrected chi connectivity index (χ1v) is 8.22. The van der Waals surface area contributed by atoms with E-state index >= 15 is 0 Å². The first kappa shape index (κ1) is 13.2. The van der Waals surface area contributed by atoms with Gasteiger partial charge in [-0.3, -0.25) is 5.32 Å². The van der Waals surface area contributed by atoms with E-state index in [0.29, 0.717) is 11.8 Å². The summed E-state index contributed by atoms with van der Waals surface area (Å²) in [6.07, 6.45) is 3.87. The first-order chi connectivity index (χ1) is 10.2. The van der Waals surface area contributed by atoms with Crippen LogP contribution in [0.4, 0.5) is 0 Å². The molecule has 1 N–H and O–H groups in total. The fourth-order valence-electron chi connectivity index (χ4n) is 3.89. The van der Waals surface area contributed by atoms with Crippen molar-refractivity contribution in [1.29, 1.82) is 0 Å². The van der Waals surface area contributed by atoms with E-state index in [1.54, 1.807) is 11.3 Å². The number of nitrogens with one attached hydrogen (secondary N) is 1. The third-order valence-corrected chi connectivity index (χ3v) is 4.79. The van der Waals surface area contributed by atoms with Gasteiger partial charge in [-0.05, 0) is 48.9 Å². The lowest BCUT2D eigenvalue weighted by Crippen LogP contribution is -2.34. The number of aromatic nitrogens is 1. The Morgan fingerprint density at radius 2 is 2.29 bits per heavy atom. The Hall–Kier alpha value is -1.48. The van der Waals surface area contributed by atoms with Crippen LogP contribution in [0.25, 0.3) is 10.9 Å². The highest BCUT2D eigenvalue weighted by Crippen LogP contribution is 2.40. The third kappa shape index (κ3) is 2.15. The molecule has 1 aromatic carbocycles. The Morgan fingerprint density at radius 1 is 1.38 bits per heavy atom. The van der Waals surface area contributed by atoms with Crippen LogP contribution in [0.5, 0.6) is 5.75 Å². The highest BCUT2D eigenvalue weighted by atomic mass is 16.5. The van der Waals surface area contributed by atoms with E-state index in [4.69, 9.17) is 4.74 Å². The minimum Gasteiger partial charge on any atom is -0.493 e. The Balaban J connectivity index is 1.81. The van der Waals surface area contributed by atoms with Crippen molar-refractivity contribution < 1.29 is 4.74 Å². The van der Waals surface area contributed by atoms with Gasteiger partial charge in [0.25, 0.3) is 0 Å². The van der Waals surface area contributed by atoms with Crippen molar-refractivity contribution in [2.24, 2.45) is 5.92 Å². The van der Waals surface area contributed by atoms with Crippen molar-refractivity contribution >= 4 is 10.9 Å². The molecule has 112 valence electrons. The summed E-state index contributed by atoms with van der Waals surface area (Å²) in [6.45, 7) is 7.26. The van der Waals surface area contributed by atoms with Gasteiger partial charge >= 0.3 is 0 Å². The second-order valence-corrected chi connectivity index (χ2v) is 6.88. The maximum Gasteiger partial charge on any atom is 0.120 e. The quantitative estimate of drug-likeness (QED) is 0.931. The monoisotopic (exact) mass is 284 g/mol. The molecule has 1 aliphatic heterocycles. The Morgan fingerprint density at radius 3 is 3.14 bits per heavy atom. The van der Waals surface area contributed by atoms with Crippen LogP contribution in [-0.4, -0.2) is 17.7 Å². The van der Waals surface area contributed by atoms with Gasteiger partial charge in [-0.25, -0.2) is 0 Å². The summed E-state index contributed by atoms with van der Waals surface area (Å²) in [4.78, 5) is 0. The van der Waals surface area contributed by atoms with E-state index in [9.17, 15) is 0 Å². The molecular formula is C18H24N2O. The molecule has 2 heterocycles. The van der Waals surface area contributed by atoms with E-state index in [0.717, 1.165) is 25.6 Å². The highest BCUT2D eigenvalue weighted by Gasteiger charge is 2.29. The number of fused-ring (bicyclic) bond motifs is 3. The lowest BCUT2D eigenvalue weighted by atomic mass is 9.86. The van der Waals surface area contributed by atoms with Gasteiger partial charge in [0.1, 0.15) is 5.75 Å². The van der Waals surface area contributed by atoms with E-state index in [1.807, 2.05) is 0 Å². The van der Waals surface area contributed by atoms with Gasteiger partial charge in [0.05, 0.1) is 13.3 Å². The van der Waals surface area contributed by atoms with Crippen LogP contribution >= 0.6 is 0 Å². The molecule has 0 saturated carbocycles. The van der Waals surface area contributed by atoms with Crippen LogP contribution in [0.2, 0.25) is 0 Å². The van der Waals surface area contributed by atoms with E-state index in [2.05, 4.69) is 41.9 Å². The van der Waals surface area contributed by atoms with Crippen molar-refractivity contribution in [2.75, 3.05) is 13.2 Å². The molecule has 0 fully saturated rings. The molecule has 2 aliphatic rings. The number of ether oxygens (including phenoxy) is 1. The second kappa shape index (κ2) is 5.06. The molecule has 1 atom stereocenters. The average molecular weight is 284 g/mol. The molecule has 0 saturated heterocycles. The van der Waals surface area contributed by atoms with Crippen molar-refractivity contribution in [3.05, 3.63) is 29.5 Å². The molecule has 3 heteroatoms. The van der Waals surface area contributed by atoms with E-state index in [1.165, 1.54) is 30.2 Å². The molecule has 3 nitrogen and oxygen atoms in total. The van der Waals surface area contributed by atoms with Crippen molar-refractivity contribution in [2.45, 2.75) is 45.7 Å². The molecule has 21 heavy (non-hydrogen) atoms. The summed E-state index contributed by atoms with van der Waals surface area (Å²) in [5, 5.41) is 4.98. The minimum absolute atomic E-state index is 0.565. The summed E-state index contributed by atoms with van der Waals surface area (Å²) >= 11 is 0. The van der Waals surface area contributed by atoms with Crippen molar-refractivity contribution in [1.82, 2.24) is 9.88 Å². The Labute approximate surface area is 126 Å². The zero-order valence-corrected chi connectivity index (χ0v) is 13.0. The molecule has 1 aromatic heterocycles. The molecule has 0 bridgehead atoms. The maximum absolute atomic E-state index is 5.93. The second-order valence-electron chi connectivity index (χ2n) is 6.88. The third-order valence-electron chi connectivity index (χ3n) is 4.79. The smallest absolute Gasteiger partial charge is 0.120 e. The highest BCUT2D eigenvalue weighted by molar-refractivity contribution is 5.87. The molecule has 0 spiro atoms. The van der Waals surface area contributed by atoms with Crippen molar-refractivity contribution in [3.63, 3.8) is 0 Å². The molecule has 0 amide bonds. The van der Waals surface area contributed by atoms with Crippen LogP contribution in [0.1, 0.15) is 43.9 Å². The van der Waals surface area contributed by atoms with E-state index < -0.39 is 0 Å². The number of hydrogen-bond acceptors (Lipinski definition) is 2. The van der Waals surface area contributed by atoms with Gasteiger partial charge in [-0.1, -0.05) is 13.8 Å². The molecule has 4 rings (SSSR count). The topological polar surface area (TPSA) is 26.2 Å². The van der Waals surface area contributed by atoms with Crippen LogP contribution < -0.4 is 10.1 Å². The lowest BCUT2D eigenvalue weighted by molar-refractivity contribution is 0.271. The Kier molecular flexibility index (Phi) is 3.18. The minimum atomic E-state index is 0.565. The van der Waals surface area contributed by atoms with Gasteiger partial charge in [-0.15, -0.1) is 0 Å².